The SMILES string of the molecule is CCNc1ccc(C(F)(F)F)cc1CN1C(=O)OC(c2cc(C(F)(F)F)cc(C(F)(F)F)c2)C1C.O=C(O)C1CCCCC1. The van der Waals surface area contributed by atoms with Gasteiger partial charge in [-0.25, -0.2) is 4.79 Å². The molecule has 0 aromatic heterocycles. The number of amides is 1. The number of benzene rings is 2. The lowest BCUT2D eigenvalue weighted by Crippen LogP contribution is -2.32. The third-order valence-corrected chi connectivity index (χ3v) is 7.43. The van der Waals surface area contributed by atoms with Crippen LogP contribution in [-0.2, 0) is 34.6 Å². The molecule has 1 amide bonds. The van der Waals surface area contributed by atoms with Crippen LogP contribution in [0.5, 0.6) is 0 Å². The van der Waals surface area contributed by atoms with Crippen molar-refractivity contribution in [1.29, 1.82) is 0 Å². The molecule has 2 atom stereocenters. The number of carboxylic acid groups (broad SMARTS) is 1. The van der Waals surface area contributed by atoms with Crippen LogP contribution < -0.4 is 5.32 Å². The van der Waals surface area contributed by atoms with E-state index in [1.165, 1.54) is 19.4 Å². The van der Waals surface area contributed by atoms with Crippen LogP contribution in [0.2, 0.25) is 0 Å². The highest BCUT2D eigenvalue weighted by Gasteiger charge is 2.43. The van der Waals surface area contributed by atoms with Gasteiger partial charge in [0.05, 0.1) is 35.2 Å². The van der Waals surface area contributed by atoms with Crippen molar-refractivity contribution in [1.82, 2.24) is 4.90 Å². The number of anilines is 1. The fraction of sp³-hybridized carbons (Fsp3) is 0.517. The van der Waals surface area contributed by atoms with Crippen LogP contribution in [0.25, 0.3) is 0 Å². The number of aliphatic carboxylic acids is 1. The van der Waals surface area contributed by atoms with Crippen molar-refractivity contribution in [2.45, 2.75) is 83.2 Å². The second kappa shape index (κ2) is 13.6. The second-order valence-electron chi connectivity index (χ2n) is 10.6. The number of ether oxygens (including phenoxy) is 1. The summed E-state index contributed by atoms with van der Waals surface area (Å²) in [5.41, 5.74) is -4.34. The minimum Gasteiger partial charge on any atom is -0.481 e. The number of cyclic esters (lactones) is 1. The number of nitrogens with one attached hydrogen (secondary N) is 1. The first kappa shape index (κ1) is 34.8. The van der Waals surface area contributed by atoms with Crippen LogP contribution in [0.15, 0.2) is 36.4 Å². The first-order valence-electron chi connectivity index (χ1n) is 13.8. The van der Waals surface area contributed by atoms with Gasteiger partial charge in [0.1, 0.15) is 6.10 Å². The van der Waals surface area contributed by atoms with Crippen molar-refractivity contribution in [2.75, 3.05) is 11.9 Å². The van der Waals surface area contributed by atoms with E-state index in [-0.39, 0.29) is 23.2 Å². The monoisotopic (exact) mass is 642 g/mol. The third kappa shape index (κ3) is 8.72. The average molecular weight is 643 g/mol. The lowest BCUT2D eigenvalue weighted by molar-refractivity contribution is -0.144. The molecule has 2 aliphatic rings. The zero-order chi connectivity index (χ0) is 33.0. The fourth-order valence-electron chi connectivity index (χ4n) is 5.10. The van der Waals surface area contributed by atoms with Gasteiger partial charge in [-0.05, 0) is 74.2 Å². The zero-order valence-corrected chi connectivity index (χ0v) is 23.7. The first-order chi connectivity index (χ1) is 20.3. The number of halogens is 9. The van der Waals surface area contributed by atoms with E-state index in [1.807, 2.05) is 0 Å². The Balaban J connectivity index is 0.000000502. The first-order valence-corrected chi connectivity index (χ1v) is 13.8. The number of carbonyl (C=O) groups is 2. The maximum absolute atomic E-state index is 13.2. The second-order valence-corrected chi connectivity index (χ2v) is 10.6. The van der Waals surface area contributed by atoms with Crippen LogP contribution in [-0.4, -0.2) is 34.7 Å². The van der Waals surface area contributed by atoms with Gasteiger partial charge in [0.15, 0.2) is 0 Å². The summed E-state index contributed by atoms with van der Waals surface area (Å²) < 4.78 is 124. The standard InChI is InChI=1S/C22H19F9N2O2.C7H12O2/c1-3-32-17-5-4-14(20(23,24)25)8-13(17)10-33-11(2)18(35-19(33)34)12-6-15(21(26,27)28)9-16(7-12)22(29,30)31;8-7(9)6-4-2-1-3-5-6/h4-9,11,18,32H,3,10H2,1-2H3;6H,1-5H2,(H,8,9). The third-order valence-electron chi connectivity index (χ3n) is 7.43. The van der Waals surface area contributed by atoms with Crippen molar-refractivity contribution in [3.05, 3.63) is 64.2 Å². The van der Waals surface area contributed by atoms with Crippen LogP contribution in [0.3, 0.4) is 0 Å². The summed E-state index contributed by atoms with van der Waals surface area (Å²) >= 11 is 0. The van der Waals surface area contributed by atoms with Crippen LogP contribution in [0, 0.1) is 5.92 Å². The van der Waals surface area contributed by atoms with Gasteiger partial charge < -0.3 is 15.2 Å². The van der Waals surface area contributed by atoms with Gasteiger partial charge in [0, 0.05) is 12.2 Å². The number of nitrogens with zero attached hydrogens (tertiary/aromatic N) is 1. The maximum Gasteiger partial charge on any atom is 0.416 e. The number of rotatable bonds is 6. The molecule has 1 saturated heterocycles. The Hall–Kier alpha value is -3.65. The van der Waals surface area contributed by atoms with E-state index in [0.717, 1.165) is 42.7 Å². The Labute approximate surface area is 247 Å². The maximum atomic E-state index is 13.2. The zero-order valence-electron chi connectivity index (χ0n) is 23.7. The van der Waals surface area contributed by atoms with Crippen molar-refractivity contribution in [3.63, 3.8) is 0 Å². The van der Waals surface area contributed by atoms with E-state index >= 15 is 0 Å². The molecule has 244 valence electrons. The molecule has 2 aromatic rings. The van der Waals surface area contributed by atoms with Crippen LogP contribution >= 0.6 is 0 Å². The van der Waals surface area contributed by atoms with Crippen LogP contribution in [0.1, 0.15) is 79.9 Å². The number of carbonyl (C=O) groups excluding carboxylic acids is 1. The quantitative estimate of drug-likeness (QED) is 0.308. The average Bonchev–Trinajstić information content (AvgIpc) is 3.21. The molecule has 6 nitrogen and oxygen atoms in total. The highest BCUT2D eigenvalue weighted by molar-refractivity contribution is 5.72. The summed E-state index contributed by atoms with van der Waals surface area (Å²) in [6.45, 7) is 2.93. The molecule has 4 rings (SSSR count). The molecule has 2 fully saturated rings. The Morgan fingerprint density at radius 2 is 1.43 bits per heavy atom. The fourth-order valence-corrected chi connectivity index (χ4v) is 5.10. The summed E-state index contributed by atoms with van der Waals surface area (Å²) in [6, 6.07) is 2.62. The normalized spacial score (nSPS) is 19.7. The van der Waals surface area contributed by atoms with Crippen molar-refractivity contribution >= 4 is 17.7 Å². The summed E-state index contributed by atoms with van der Waals surface area (Å²) in [5.74, 6) is -0.631. The Kier molecular flexibility index (Phi) is 10.7. The Morgan fingerprint density at radius 3 is 1.89 bits per heavy atom. The Bertz CT molecular complexity index is 1290. The highest BCUT2D eigenvalue weighted by atomic mass is 19.4. The van der Waals surface area contributed by atoms with Gasteiger partial charge in [-0.1, -0.05) is 19.3 Å². The topological polar surface area (TPSA) is 78.9 Å². The molecule has 0 bridgehead atoms. The summed E-state index contributed by atoms with van der Waals surface area (Å²) in [4.78, 5) is 23.8. The molecule has 1 aliphatic heterocycles. The van der Waals surface area contributed by atoms with Gasteiger partial charge in [-0.2, -0.15) is 39.5 Å². The van der Waals surface area contributed by atoms with Crippen LogP contribution in [0.4, 0.5) is 50.0 Å². The number of hydrogen-bond donors (Lipinski definition) is 2. The molecular formula is C29H31F9N2O4. The van der Waals surface area contributed by atoms with Crippen molar-refractivity contribution in [2.24, 2.45) is 5.92 Å². The van der Waals surface area contributed by atoms with E-state index in [0.29, 0.717) is 18.7 Å². The summed E-state index contributed by atoms with van der Waals surface area (Å²) in [6.07, 6.45) is -12.2. The lowest BCUT2D eigenvalue weighted by Gasteiger charge is -2.24. The van der Waals surface area contributed by atoms with E-state index in [2.05, 4.69) is 5.32 Å². The molecule has 2 unspecified atom stereocenters. The van der Waals surface area contributed by atoms with E-state index in [4.69, 9.17) is 9.84 Å². The molecule has 15 heteroatoms. The molecule has 0 spiro atoms. The van der Waals surface area contributed by atoms with Crippen molar-refractivity contribution < 1.29 is 58.9 Å². The largest absolute Gasteiger partial charge is 0.481 e. The van der Waals surface area contributed by atoms with E-state index in [9.17, 15) is 49.1 Å². The molecule has 2 aromatic carbocycles. The Morgan fingerprint density at radius 1 is 0.886 bits per heavy atom. The molecule has 0 radical (unpaired) electrons. The molecule has 1 heterocycles. The summed E-state index contributed by atoms with van der Waals surface area (Å²) in [5, 5.41) is 11.4. The molecular weight excluding hydrogens is 611 g/mol. The summed E-state index contributed by atoms with van der Waals surface area (Å²) in [7, 11) is 0. The van der Waals surface area contributed by atoms with Gasteiger partial charge in [0.25, 0.3) is 0 Å². The molecule has 1 saturated carbocycles. The van der Waals surface area contributed by atoms with E-state index < -0.39 is 71.5 Å². The highest BCUT2D eigenvalue weighted by Crippen LogP contribution is 2.41. The van der Waals surface area contributed by atoms with Gasteiger partial charge in [-0.15, -0.1) is 0 Å². The number of alkyl halides is 9. The smallest absolute Gasteiger partial charge is 0.416 e. The molecule has 1 aliphatic carbocycles. The molecule has 2 N–H and O–H groups in total. The molecule has 44 heavy (non-hydrogen) atoms. The number of carboxylic acids is 1. The minimum atomic E-state index is -5.10. The van der Waals surface area contributed by atoms with Gasteiger partial charge >= 0.3 is 30.6 Å². The van der Waals surface area contributed by atoms with Gasteiger partial charge in [0.2, 0.25) is 0 Å². The minimum absolute atomic E-state index is 0.0289. The lowest BCUT2D eigenvalue weighted by atomic mass is 9.90. The van der Waals surface area contributed by atoms with Crippen molar-refractivity contribution in [3.8, 4) is 0 Å². The predicted octanol–water partition coefficient (Wildman–Crippen LogP) is 8.91. The van der Waals surface area contributed by atoms with Gasteiger partial charge in [-0.3, -0.25) is 9.69 Å². The number of hydrogen-bond acceptors (Lipinski definition) is 4. The van der Waals surface area contributed by atoms with E-state index in [1.54, 1.807) is 6.92 Å². The predicted molar refractivity (Wildman–Crippen MR) is 140 cm³/mol.